The van der Waals surface area contributed by atoms with Gasteiger partial charge in [0.25, 0.3) is 0 Å². The molecule has 0 saturated heterocycles. The summed E-state index contributed by atoms with van der Waals surface area (Å²) in [6.45, 7) is 0. The monoisotopic (exact) mass is 163 g/mol. The van der Waals surface area contributed by atoms with Crippen LogP contribution in [0.5, 0.6) is 0 Å². The zero-order valence-electron chi connectivity index (χ0n) is 6.06. The Morgan fingerprint density at radius 3 is 2.09 bits per heavy atom. The van der Waals surface area contributed by atoms with Crippen LogP contribution in [0.25, 0.3) is 0 Å². The minimum atomic E-state index is -2.57. The molecule has 2 unspecified atom stereocenters. The number of aliphatic hydroxyl groups is 1. The number of alkyl halides is 2. The molecule has 11 heavy (non-hydrogen) atoms. The fourth-order valence-corrected chi connectivity index (χ4v) is 2.21. The highest BCUT2D eigenvalue weighted by molar-refractivity contribution is 5.15. The molecule has 0 aliphatic heterocycles. The summed E-state index contributed by atoms with van der Waals surface area (Å²) in [5, 5.41) is 9.21. The van der Waals surface area contributed by atoms with Gasteiger partial charge in [0.05, 0.1) is 6.10 Å². The van der Waals surface area contributed by atoms with Gasteiger partial charge in [0.15, 0.2) is 0 Å². The minimum absolute atomic E-state index is 0.211. The van der Waals surface area contributed by atoms with Crippen LogP contribution in [0, 0.1) is 5.41 Å². The molecule has 2 aliphatic carbocycles. The Morgan fingerprint density at radius 1 is 1.36 bits per heavy atom. The van der Waals surface area contributed by atoms with Gasteiger partial charge in [0.1, 0.15) is 0 Å². The van der Waals surface area contributed by atoms with Gasteiger partial charge in [-0.3, -0.25) is 0 Å². The Balaban J connectivity index is 2.06. The third-order valence-electron chi connectivity index (χ3n) is 3.05. The molecule has 64 valence electrons. The van der Waals surface area contributed by atoms with Gasteiger partial charge in [-0.15, -0.1) is 0 Å². The summed E-state index contributed by atoms with van der Waals surface area (Å²) in [5.41, 5.74) is 4.92. The van der Waals surface area contributed by atoms with Crippen molar-refractivity contribution in [3.63, 3.8) is 0 Å². The van der Waals surface area contributed by atoms with E-state index in [0.29, 0.717) is 6.42 Å². The molecule has 2 aliphatic rings. The fraction of sp³-hybridized carbons (Fsp3) is 1.00. The number of nitrogens with two attached hydrogens (primary N) is 1. The predicted octanol–water partition coefficient (Wildman–Crippen LogP) is 0.494. The first kappa shape index (κ1) is 7.43. The second-order valence-corrected chi connectivity index (χ2v) is 3.80. The topological polar surface area (TPSA) is 46.2 Å². The highest BCUT2D eigenvalue weighted by Gasteiger charge is 2.67. The fourth-order valence-electron chi connectivity index (χ4n) is 2.21. The molecule has 2 saturated carbocycles. The van der Waals surface area contributed by atoms with Crippen molar-refractivity contribution in [2.75, 3.05) is 0 Å². The molecule has 4 heteroatoms. The molecule has 0 radical (unpaired) electrons. The standard InChI is InChI=1S/C7H11F2NO/c8-7(9)2-6(3-7)4(10)1-5(6)11/h4-5,11H,1-3,10H2. The molecule has 2 nitrogen and oxygen atoms in total. The van der Waals surface area contributed by atoms with Gasteiger partial charge < -0.3 is 10.8 Å². The molecule has 3 N–H and O–H groups in total. The molecule has 2 rings (SSSR count). The number of hydrogen-bond acceptors (Lipinski definition) is 2. The normalized spacial score (nSPS) is 44.7. The van der Waals surface area contributed by atoms with Crippen LogP contribution in [0.1, 0.15) is 19.3 Å². The lowest BCUT2D eigenvalue weighted by Gasteiger charge is -2.60. The SMILES string of the molecule is NC1CC(O)C12CC(F)(F)C2. The van der Waals surface area contributed by atoms with Crippen LogP contribution < -0.4 is 5.73 Å². The van der Waals surface area contributed by atoms with E-state index < -0.39 is 17.4 Å². The summed E-state index contributed by atoms with van der Waals surface area (Å²) >= 11 is 0. The van der Waals surface area contributed by atoms with Gasteiger partial charge in [-0.05, 0) is 6.42 Å². The van der Waals surface area contributed by atoms with E-state index in [1.165, 1.54) is 0 Å². The minimum Gasteiger partial charge on any atom is -0.392 e. The van der Waals surface area contributed by atoms with Crippen molar-refractivity contribution in [2.45, 2.75) is 37.3 Å². The quantitative estimate of drug-likeness (QED) is 0.546. The van der Waals surface area contributed by atoms with Crippen LogP contribution in [0.2, 0.25) is 0 Å². The van der Waals surface area contributed by atoms with E-state index in [-0.39, 0.29) is 18.9 Å². The van der Waals surface area contributed by atoms with Gasteiger partial charge in [-0.25, -0.2) is 8.78 Å². The van der Waals surface area contributed by atoms with Gasteiger partial charge >= 0.3 is 0 Å². The average Bonchev–Trinajstić information content (AvgIpc) is 1.83. The first-order valence-electron chi connectivity index (χ1n) is 3.78. The van der Waals surface area contributed by atoms with E-state index >= 15 is 0 Å². The largest absolute Gasteiger partial charge is 0.392 e. The highest BCUT2D eigenvalue weighted by atomic mass is 19.3. The van der Waals surface area contributed by atoms with Crippen LogP contribution in [0.4, 0.5) is 8.78 Å². The van der Waals surface area contributed by atoms with Gasteiger partial charge in [-0.1, -0.05) is 0 Å². The van der Waals surface area contributed by atoms with Crippen LogP contribution in [-0.2, 0) is 0 Å². The molecule has 0 aromatic rings. The lowest BCUT2D eigenvalue weighted by atomic mass is 9.50. The molecule has 0 amide bonds. The summed E-state index contributed by atoms with van der Waals surface area (Å²) in [6.07, 6.45) is -0.544. The van der Waals surface area contributed by atoms with E-state index in [1.807, 2.05) is 0 Å². The maximum absolute atomic E-state index is 12.4. The van der Waals surface area contributed by atoms with Crippen molar-refractivity contribution in [1.82, 2.24) is 0 Å². The maximum atomic E-state index is 12.4. The lowest BCUT2D eigenvalue weighted by Crippen LogP contribution is -2.70. The summed E-state index contributed by atoms with van der Waals surface area (Å²) in [4.78, 5) is 0. The predicted molar refractivity (Wildman–Crippen MR) is 35.2 cm³/mol. The summed E-state index contributed by atoms with van der Waals surface area (Å²) in [6, 6.07) is -0.211. The van der Waals surface area contributed by atoms with Crippen molar-refractivity contribution in [1.29, 1.82) is 0 Å². The van der Waals surface area contributed by atoms with Crippen molar-refractivity contribution < 1.29 is 13.9 Å². The molecule has 2 atom stereocenters. The molecule has 0 bridgehead atoms. The number of aliphatic hydroxyl groups excluding tert-OH is 1. The van der Waals surface area contributed by atoms with Gasteiger partial charge in [-0.2, -0.15) is 0 Å². The van der Waals surface area contributed by atoms with Gasteiger partial charge in [0, 0.05) is 24.3 Å². The summed E-state index contributed by atoms with van der Waals surface area (Å²) in [5.74, 6) is -2.57. The Kier molecular flexibility index (Phi) is 1.18. The van der Waals surface area contributed by atoms with Crippen molar-refractivity contribution in [3.05, 3.63) is 0 Å². The lowest BCUT2D eigenvalue weighted by molar-refractivity contribution is -0.249. The third kappa shape index (κ3) is 0.767. The van der Waals surface area contributed by atoms with E-state index in [1.54, 1.807) is 0 Å². The number of rotatable bonds is 0. The molecule has 1 spiro atoms. The molecular formula is C7H11F2NO. The van der Waals surface area contributed by atoms with Crippen LogP contribution in [-0.4, -0.2) is 23.2 Å². The second kappa shape index (κ2) is 1.75. The summed E-state index contributed by atoms with van der Waals surface area (Å²) < 4.78 is 24.9. The zero-order chi connectivity index (χ0) is 8.28. The number of hydrogen-bond donors (Lipinski definition) is 2. The highest BCUT2D eigenvalue weighted by Crippen LogP contribution is 2.61. The Bertz CT molecular complexity index is 177. The van der Waals surface area contributed by atoms with Crippen molar-refractivity contribution in [3.8, 4) is 0 Å². The van der Waals surface area contributed by atoms with Crippen LogP contribution in [0.15, 0.2) is 0 Å². The molecule has 2 fully saturated rings. The summed E-state index contributed by atoms with van der Waals surface area (Å²) in [7, 11) is 0. The second-order valence-electron chi connectivity index (χ2n) is 3.80. The molecule has 0 aromatic heterocycles. The van der Waals surface area contributed by atoms with E-state index in [9.17, 15) is 13.9 Å². The Labute approximate surface area is 63.4 Å². The Morgan fingerprint density at radius 2 is 1.91 bits per heavy atom. The average molecular weight is 163 g/mol. The molecule has 0 heterocycles. The first-order valence-corrected chi connectivity index (χ1v) is 3.78. The van der Waals surface area contributed by atoms with E-state index in [2.05, 4.69) is 0 Å². The molecular weight excluding hydrogens is 152 g/mol. The molecule has 0 aromatic carbocycles. The number of halogens is 2. The zero-order valence-corrected chi connectivity index (χ0v) is 6.06. The van der Waals surface area contributed by atoms with Crippen LogP contribution >= 0.6 is 0 Å². The smallest absolute Gasteiger partial charge is 0.249 e. The first-order chi connectivity index (χ1) is 4.96. The van der Waals surface area contributed by atoms with Crippen molar-refractivity contribution >= 4 is 0 Å². The van der Waals surface area contributed by atoms with E-state index in [4.69, 9.17) is 5.73 Å². The van der Waals surface area contributed by atoms with E-state index in [0.717, 1.165) is 0 Å². The Hall–Kier alpha value is -0.220. The van der Waals surface area contributed by atoms with Crippen LogP contribution in [0.3, 0.4) is 0 Å². The maximum Gasteiger partial charge on any atom is 0.249 e. The third-order valence-corrected chi connectivity index (χ3v) is 3.05. The van der Waals surface area contributed by atoms with Crippen molar-refractivity contribution in [2.24, 2.45) is 11.1 Å². The van der Waals surface area contributed by atoms with Gasteiger partial charge in [0.2, 0.25) is 5.92 Å².